The average Bonchev–Trinajstić information content (AvgIpc) is 2.15. The molecule has 1 fully saturated rings. The summed E-state index contributed by atoms with van der Waals surface area (Å²) in [6.45, 7) is 6.51. The number of piperazine rings is 1. The Hall–Kier alpha value is -1.53. The Balaban J connectivity index is 2.42. The van der Waals surface area contributed by atoms with Gasteiger partial charge in [0.15, 0.2) is 5.03 Å². The van der Waals surface area contributed by atoms with Gasteiger partial charge in [0.05, 0.1) is 13.1 Å². The zero-order valence-corrected chi connectivity index (χ0v) is 9.80. The Labute approximate surface area is 94.1 Å². The molecule has 0 radical (unpaired) electrons. The predicted molar refractivity (Wildman–Crippen MR) is 56.4 cm³/mol. The maximum absolute atomic E-state index is 11.6. The van der Waals surface area contributed by atoms with E-state index in [0.29, 0.717) is 13.1 Å². The first kappa shape index (κ1) is 12.5. The number of hydrogen-bond donors (Lipinski definition) is 0. The van der Waals surface area contributed by atoms with Crippen LogP contribution >= 0.6 is 0 Å². The normalized spacial score (nSPS) is 17.2. The van der Waals surface area contributed by atoms with Crippen LogP contribution < -0.4 is 0 Å². The molecule has 1 aliphatic heterocycles. The van der Waals surface area contributed by atoms with Crippen molar-refractivity contribution in [1.82, 2.24) is 9.91 Å². The van der Waals surface area contributed by atoms with Crippen LogP contribution in [0.3, 0.4) is 0 Å². The molecule has 1 amide bonds. The number of ether oxygens (including phenoxy) is 1. The van der Waals surface area contributed by atoms with Crippen LogP contribution in [0.25, 0.3) is 0 Å². The minimum Gasteiger partial charge on any atom is -0.444 e. The molecule has 92 valence electrons. The van der Waals surface area contributed by atoms with Crippen LogP contribution in [0.4, 0.5) is 4.79 Å². The van der Waals surface area contributed by atoms with E-state index >= 15 is 0 Å². The number of carbonyl (C=O) groups is 1. The van der Waals surface area contributed by atoms with Crippen molar-refractivity contribution in [1.29, 1.82) is 0 Å². The van der Waals surface area contributed by atoms with E-state index in [0.717, 1.165) is 5.01 Å². The number of carbonyl (C=O) groups excluding carboxylic acids is 1. The van der Waals surface area contributed by atoms with Crippen molar-refractivity contribution < 1.29 is 14.6 Å². The number of hydrogen-bond acceptors (Lipinski definition) is 4. The van der Waals surface area contributed by atoms with Gasteiger partial charge in [-0.05, 0) is 20.8 Å². The molecule has 1 saturated heterocycles. The van der Waals surface area contributed by atoms with Gasteiger partial charge in [-0.25, -0.2) is 14.9 Å². The maximum atomic E-state index is 11.6. The van der Waals surface area contributed by atoms with Crippen molar-refractivity contribution in [3.63, 3.8) is 0 Å². The van der Waals surface area contributed by atoms with E-state index < -0.39 is 16.7 Å². The van der Waals surface area contributed by atoms with Gasteiger partial charge >= 0.3 is 6.09 Å². The summed E-state index contributed by atoms with van der Waals surface area (Å²) in [6.07, 6.45) is -0.407. The second-order valence-corrected chi connectivity index (χ2v) is 4.66. The van der Waals surface area contributed by atoms with Gasteiger partial charge in [0.1, 0.15) is 5.60 Å². The van der Waals surface area contributed by atoms with Gasteiger partial charge in [-0.3, -0.25) is 0 Å². The standard InChI is InChI=1S/C9H17N3O4/c1-9(2,3)16-8(13)10-4-6-11(7-5-10)12(14)15/h4-7H2,1-3H3. The average molecular weight is 231 g/mol. The van der Waals surface area contributed by atoms with Crippen LogP contribution in [0, 0.1) is 10.1 Å². The molecular formula is C9H17N3O4. The van der Waals surface area contributed by atoms with Crippen molar-refractivity contribution in [2.24, 2.45) is 0 Å². The molecule has 0 aromatic carbocycles. The van der Waals surface area contributed by atoms with E-state index in [-0.39, 0.29) is 13.1 Å². The smallest absolute Gasteiger partial charge is 0.410 e. The number of rotatable bonds is 1. The first-order chi connectivity index (χ1) is 7.29. The van der Waals surface area contributed by atoms with Gasteiger partial charge in [-0.1, -0.05) is 0 Å². The van der Waals surface area contributed by atoms with Crippen LogP contribution in [-0.4, -0.2) is 52.8 Å². The maximum Gasteiger partial charge on any atom is 0.410 e. The highest BCUT2D eigenvalue weighted by Crippen LogP contribution is 2.11. The zero-order valence-electron chi connectivity index (χ0n) is 9.80. The molecule has 0 aliphatic carbocycles. The van der Waals surface area contributed by atoms with Gasteiger partial charge < -0.3 is 9.64 Å². The third-order valence-corrected chi connectivity index (χ3v) is 2.14. The van der Waals surface area contributed by atoms with Gasteiger partial charge in [0.2, 0.25) is 0 Å². The fourth-order valence-electron chi connectivity index (χ4n) is 1.37. The van der Waals surface area contributed by atoms with Crippen molar-refractivity contribution in [3.05, 3.63) is 10.1 Å². The molecule has 0 atom stereocenters. The summed E-state index contributed by atoms with van der Waals surface area (Å²) in [5, 5.41) is 11.1. The van der Waals surface area contributed by atoms with Crippen molar-refractivity contribution in [3.8, 4) is 0 Å². The molecule has 0 aromatic heterocycles. The van der Waals surface area contributed by atoms with Gasteiger partial charge in [0.25, 0.3) is 0 Å². The fourth-order valence-corrected chi connectivity index (χ4v) is 1.37. The third-order valence-electron chi connectivity index (χ3n) is 2.14. The third kappa shape index (κ3) is 3.56. The lowest BCUT2D eigenvalue weighted by Crippen LogP contribution is -2.51. The lowest BCUT2D eigenvalue weighted by Gasteiger charge is -2.31. The molecule has 0 spiro atoms. The molecule has 0 aromatic rings. The van der Waals surface area contributed by atoms with Gasteiger partial charge in [-0.15, -0.1) is 5.01 Å². The number of nitro groups is 1. The molecule has 1 aliphatic rings. The summed E-state index contributed by atoms with van der Waals surface area (Å²) in [6, 6.07) is 0. The Morgan fingerprint density at radius 2 is 1.75 bits per heavy atom. The fraction of sp³-hybridized carbons (Fsp3) is 0.889. The van der Waals surface area contributed by atoms with Crippen molar-refractivity contribution >= 4 is 6.09 Å². The summed E-state index contributed by atoms with van der Waals surface area (Å²) >= 11 is 0. The molecule has 1 heterocycles. The summed E-state index contributed by atoms with van der Waals surface area (Å²) in [5.41, 5.74) is -0.530. The molecule has 0 unspecified atom stereocenters. The predicted octanol–water partition coefficient (Wildman–Crippen LogP) is 0.731. The Morgan fingerprint density at radius 3 is 2.12 bits per heavy atom. The molecule has 0 N–H and O–H groups in total. The Kier molecular flexibility index (Phi) is 3.56. The second kappa shape index (κ2) is 4.54. The highest BCUT2D eigenvalue weighted by atomic mass is 16.7. The molecule has 7 heteroatoms. The first-order valence-corrected chi connectivity index (χ1v) is 5.17. The number of amides is 1. The van der Waals surface area contributed by atoms with Crippen LogP contribution in [0.2, 0.25) is 0 Å². The monoisotopic (exact) mass is 231 g/mol. The van der Waals surface area contributed by atoms with Crippen LogP contribution in [0.1, 0.15) is 20.8 Å². The van der Waals surface area contributed by atoms with Crippen molar-refractivity contribution in [2.45, 2.75) is 26.4 Å². The van der Waals surface area contributed by atoms with Gasteiger partial charge in [0, 0.05) is 13.1 Å². The molecule has 1 rings (SSSR count). The summed E-state index contributed by atoms with van der Waals surface area (Å²) in [5.74, 6) is 0. The minimum absolute atomic E-state index is 0.242. The van der Waals surface area contributed by atoms with E-state index in [4.69, 9.17) is 4.74 Å². The van der Waals surface area contributed by atoms with E-state index in [1.165, 1.54) is 4.90 Å². The number of hydrazine groups is 1. The lowest BCUT2D eigenvalue weighted by molar-refractivity contribution is -0.657. The van der Waals surface area contributed by atoms with Gasteiger partial charge in [-0.2, -0.15) is 0 Å². The molecule has 0 bridgehead atoms. The molecule has 16 heavy (non-hydrogen) atoms. The van der Waals surface area contributed by atoms with E-state index in [1.54, 1.807) is 20.8 Å². The second-order valence-electron chi connectivity index (χ2n) is 4.66. The lowest BCUT2D eigenvalue weighted by atomic mass is 10.2. The minimum atomic E-state index is -0.530. The highest BCUT2D eigenvalue weighted by Gasteiger charge is 2.28. The molecular weight excluding hydrogens is 214 g/mol. The van der Waals surface area contributed by atoms with Crippen LogP contribution in [0.5, 0.6) is 0 Å². The summed E-state index contributed by atoms with van der Waals surface area (Å²) < 4.78 is 5.17. The first-order valence-electron chi connectivity index (χ1n) is 5.17. The van der Waals surface area contributed by atoms with E-state index in [2.05, 4.69) is 0 Å². The topological polar surface area (TPSA) is 75.9 Å². The SMILES string of the molecule is CC(C)(C)OC(=O)N1CCN([N+](=O)[O-])CC1. The highest BCUT2D eigenvalue weighted by molar-refractivity contribution is 5.68. The van der Waals surface area contributed by atoms with Crippen LogP contribution in [-0.2, 0) is 4.74 Å². The molecule has 7 nitrogen and oxygen atoms in total. The van der Waals surface area contributed by atoms with Crippen molar-refractivity contribution in [2.75, 3.05) is 26.2 Å². The van der Waals surface area contributed by atoms with E-state index in [9.17, 15) is 14.9 Å². The summed E-state index contributed by atoms with van der Waals surface area (Å²) in [7, 11) is 0. The quantitative estimate of drug-likeness (QED) is 0.491. The summed E-state index contributed by atoms with van der Waals surface area (Å²) in [4.78, 5) is 23.6. The largest absolute Gasteiger partial charge is 0.444 e. The van der Waals surface area contributed by atoms with Crippen LogP contribution in [0.15, 0.2) is 0 Å². The Morgan fingerprint density at radius 1 is 1.25 bits per heavy atom. The zero-order chi connectivity index (χ0) is 12.3. The Bertz CT molecular complexity index is 279. The number of nitrogens with zero attached hydrogens (tertiary/aromatic N) is 3. The molecule has 0 saturated carbocycles. The van der Waals surface area contributed by atoms with E-state index in [1.807, 2.05) is 0 Å².